The van der Waals surface area contributed by atoms with Gasteiger partial charge in [-0.15, -0.1) is 0 Å². The molecule has 22 heavy (non-hydrogen) atoms. The standard InChI is InChI=1S/C17H24N2O3/c1-12(8-10-20)15-7-3-5-14(15)6-4-9-19-11-13(2)16(21)18-17(19)22/h3,5,7,11-12,14,20H,4,6,8-10H2,1-2H3,(H,18,21,22)/t12-,14+/m0/s1. The number of hydrogen-bond donors (Lipinski definition) is 2. The number of aromatic nitrogens is 2. The van der Waals surface area contributed by atoms with E-state index in [1.54, 1.807) is 17.7 Å². The molecule has 0 amide bonds. The van der Waals surface area contributed by atoms with Crippen LogP contribution in [0, 0.1) is 18.8 Å². The molecule has 1 aliphatic carbocycles. The summed E-state index contributed by atoms with van der Waals surface area (Å²) >= 11 is 0. The van der Waals surface area contributed by atoms with E-state index in [9.17, 15) is 9.59 Å². The van der Waals surface area contributed by atoms with E-state index in [0.29, 0.717) is 23.9 Å². The van der Waals surface area contributed by atoms with Crippen LogP contribution in [0.1, 0.15) is 31.7 Å². The summed E-state index contributed by atoms with van der Waals surface area (Å²) in [6.45, 7) is 4.64. The van der Waals surface area contributed by atoms with Crippen LogP contribution < -0.4 is 11.2 Å². The van der Waals surface area contributed by atoms with Gasteiger partial charge in [0.25, 0.3) is 5.56 Å². The van der Waals surface area contributed by atoms with Crippen molar-refractivity contribution in [1.82, 2.24) is 9.55 Å². The van der Waals surface area contributed by atoms with Crippen molar-refractivity contribution < 1.29 is 5.11 Å². The number of aliphatic hydroxyl groups is 1. The molecule has 1 aliphatic rings. The third-order valence-electron chi connectivity index (χ3n) is 4.29. The first kappa shape index (κ1) is 16.5. The molecule has 0 spiro atoms. The fourth-order valence-corrected chi connectivity index (χ4v) is 2.95. The Balaban J connectivity index is 1.93. The monoisotopic (exact) mass is 304 g/mol. The third-order valence-corrected chi connectivity index (χ3v) is 4.29. The number of allylic oxidation sites excluding steroid dienone is 4. The van der Waals surface area contributed by atoms with Crippen molar-refractivity contribution >= 4 is 0 Å². The number of aliphatic hydroxyl groups excluding tert-OH is 1. The molecule has 0 unspecified atom stereocenters. The van der Waals surface area contributed by atoms with Gasteiger partial charge >= 0.3 is 5.69 Å². The Hall–Kier alpha value is -1.88. The van der Waals surface area contributed by atoms with Gasteiger partial charge in [-0.25, -0.2) is 4.79 Å². The minimum absolute atomic E-state index is 0.206. The highest BCUT2D eigenvalue weighted by molar-refractivity contribution is 5.28. The van der Waals surface area contributed by atoms with Crippen molar-refractivity contribution in [3.63, 3.8) is 0 Å². The van der Waals surface area contributed by atoms with Gasteiger partial charge < -0.3 is 9.67 Å². The maximum atomic E-state index is 11.7. The second-order valence-electron chi connectivity index (χ2n) is 5.98. The number of H-pyrrole nitrogens is 1. The van der Waals surface area contributed by atoms with Crippen molar-refractivity contribution in [3.8, 4) is 0 Å². The minimum atomic E-state index is -0.345. The largest absolute Gasteiger partial charge is 0.396 e. The number of rotatable bonds is 7. The quantitative estimate of drug-likeness (QED) is 0.806. The Bertz CT molecular complexity index is 682. The van der Waals surface area contributed by atoms with Gasteiger partial charge in [0.2, 0.25) is 0 Å². The molecule has 0 aromatic carbocycles. The zero-order chi connectivity index (χ0) is 16.1. The molecule has 0 radical (unpaired) electrons. The maximum absolute atomic E-state index is 11.7. The summed E-state index contributed by atoms with van der Waals surface area (Å²) in [4.78, 5) is 25.4. The molecule has 120 valence electrons. The van der Waals surface area contributed by atoms with Crippen LogP contribution in [0.2, 0.25) is 0 Å². The first-order valence-electron chi connectivity index (χ1n) is 7.82. The van der Waals surface area contributed by atoms with Gasteiger partial charge in [-0.05, 0) is 38.0 Å². The topological polar surface area (TPSA) is 75.1 Å². The van der Waals surface area contributed by atoms with Crippen molar-refractivity contribution in [3.05, 3.63) is 56.4 Å². The predicted octanol–water partition coefficient (Wildman–Crippen LogP) is 1.76. The van der Waals surface area contributed by atoms with Crippen molar-refractivity contribution in [2.24, 2.45) is 11.8 Å². The zero-order valence-electron chi connectivity index (χ0n) is 13.2. The Morgan fingerprint density at radius 1 is 1.41 bits per heavy atom. The summed E-state index contributed by atoms with van der Waals surface area (Å²) in [6, 6.07) is 0. The van der Waals surface area contributed by atoms with Crippen LogP contribution in [0.4, 0.5) is 0 Å². The van der Waals surface area contributed by atoms with Crippen molar-refractivity contribution in [2.75, 3.05) is 6.61 Å². The van der Waals surface area contributed by atoms with Crippen LogP contribution in [0.5, 0.6) is 0 Å². The molecule has 5 nitrogen and oxygen atoms in total. The molecule has 0 saturated carbocycles. The molecule has 1 aromatic rings. The fraction of sp³-hybridized carbons (Fsp3) is 0.529. The van der Waals surface area contributed by atoms with E-state index in [1.165, 1.54) is 5.57 Å². The van der Waals surface area contributed by atoms with E-state index >= 15 is 0 Å². The van der Waals surface area contributed by atoms with Crippen LogP contribution in [-0.4, -0.2) is 21.3 Å². The first-order valence-corrected chi connectivity index (χ1v) is 7.82. The first-order chi connectivity index (χ1) is 10.5. The molecule has 2 rings (SSSR count). The Morgan fingerprint density at radius 3 is 2.91 bits per heavy atom. The summed E-state index contributed by atoms with van der Waals surface area (Å²) in [6.07, 6.45) is 10.6. The number of hydrogen-bond acceptors (Lipinski definition) is 3. The summed E-state index contributed by atoms with van der Waals surface area (Å²) in [7, 11) is 0. The third kappa shape index (κ3) is 3.85. The Kier molecular flexibility index (Phi) is 5.55. The lowest BCUT2D eigenvalue weighted by Gasteiger charge is -2.19. The summed E-state index contributed by atoms with van der Waals surface area (Å²) < 4.78 is 1.57. The van der Waals surface area contributed by atoms with Crippen LogP contribution in [-0.2, 0) is 6.54 Å². The van der Waals surface area contributed by atoms with E-state index < -0.39 is 0 Å². The highest BCUT2D eigenvalue weighted by Crippen LogP contribution is 2.31. The summed E-state index contributed by atoms with van der Waals surface area (Å²) in [5, 5.41) is 9.07. The van der Waals surface area contributed by atoms with E-state index in [4.69, 9.17) is 5.11 Å². The Labute approximate surface area is 130 Å². The molecule has 2 N–H and O–H groups in total. The van der Waals surface area contributed by atoms with Gasteiger partial charge in [0, 0.05) is 24.9 Å². The highest BCUT2D eigenvalue weighted by Gasteiger charge is 2.19. The zero-order valence-corrected chi connectivity index (χ0v) is 13.2. The van der Waals surface area contributed by atoms with E-state index in [-0.39, 0.29) is 17.9 Å². The van der Waals surface area contributed by atoms with Gasteiger partial charge in [-0.2, -0.15) is 0 Å². The molecule has 1 heterocycles. The van der Waals surface area contributed by atoms with Crippen molar-refractivity contribution in [1.29, 1.82) is 0 Å². The normalized spacial score (nSPS) is 18.5. The van der Waals surface area contributed by atoms with Crippen LogP contribution in [0.25, 0.3) is 0 Å². The molecule has 0 saturated heterocycles. The summed E-state index contributed by atoms with van der Waals surface area (Å²) in [5.74, 6) is 0.768. The number of nitrogens with one attached hydrogen (secondary N) is 1. The van der Waals surface area contributed by atoms with Crippen molar-refractivity contribution in [2.45, 2.75) is 39.7 Å². The molecule has 2 atom stereocenters. The molecular formula is C17H24N2O3. The minimum Gasteiger partial charge on any atom is -0.396 e. The molecular weight excluding hydrogens is 280 g/mol. The molecule has 0 fully saturated rings. The van der Waals surface area contributed by atoms with Gasteiger partial charge in [-0.1, -0.05) is 30.7 Å². The lowest BCUT2D eigenvalue weighted by molar-refractivity contribution is 0.268. The second-order valence-corrected chi connectivity index (χ2v) is 5.98. The number of aromatic amines is 1. The number of nitrogens with zero attached hydrogens (tertiary/aromatic N) is 1. The van der Waals surface area contributed by atoms with E-state index in [0.717, 1.165) is 19.3 Å². The Morgan fingerprint density at radius 2 is 2.18 bits per heavy atom. The highest BCUT2D eigenvalue weighted by atomic mass is 16.3. The van der Waals surface area contributed by atoms with Gasteiger partial charge in [0.05, 0.1) is 0 Å². The SMILES string of the molecule is Cc1cn(CCC[C@H]2C=CC=C2[C@@H](C)CCO)c(=O)[nH]c1=O. The summed E-state index contributed by atoms with van der Waals surface area (Å²) in [5.41, 5.74) is 1.25. The molecule has 5 heteroatoms. The smallest absolute Gasteiger partial charge is 0.328 e. The molecule has 0 aliphatic heterocycles. The average molecular weight is 304 g/mol. The second kappa shape index (κ2) is 7.40. The van der Waals surface area contributed by atoms with E-state index in [2.05, 4.69) is 30.1 Å². The number of aryl methyl sites for hydroxylation is 2. The lowest BCUT2D eigenvalue weighted by atomic mass is 9.87. The van der Waals surface area contributed by atoms with Gasteiger partial charge in [-0.3, -0.25) is 9.78 Å². The van der Waals surface area contributed by atoms with Crippen LogP contribution in [0.3, 0.4) is 0 Å². The maximum Gasteiger partial charge on any atom is 0.328 e. The molecule has 1 aromatic heterocycles. The molecule has 0 bridgehead atoms. The average Bonchev–Trinajstić information content (AvgIpc) is 2.93. The lowest BCUT2D eigenvalue weighted by Crippen LogP contribution is -2.30. The van der Waals surface area contributed by atoms with Crippen LogP contribution in [0.15, 0.2) is 39.6 Å². The predicted molar refractivity (Wildman–Crippen MR) is 86.9 cm³/mol. The van der Waals surface area contributed by atoms with Crippen LogP contribution >= 0.6 is 0 Å². The van der Waals surface area contributed by atoms with E-state index in [1.807, 2.05) is 0 Å². The fourth-order valence-electron chi connectivity index (χ4n) is 2.95. The van der Waals surface area contributed by atoms with Gasteiger partial charge in [0.1, 0.15) is 0 Å². The van der Waals surface area contributed by atoms with Gasteiger partial charge in [0.15, 0.2) is 0 Å².